The predicted molar refractivity (Wildman–Crippen MR) is 112 cm³/mol. The van der Waals surface area contributed by atoms with Gasteiger partial charge in [-0.05, 0) is 23.1 Å². The Balaban J connectivity index is 1.41. The second-order valence-electron chi connectivity index (χ2n) is 6.24. The number of nitrogens with zero attached hydrogens (tertiary/aromatic N) is 1. The normalized spacial score (nSPS) is 10.4. The fraction of sp³-hybridized carbons (Fsp3) is 0.0435. The lowest BCUT2D eigenvalue weighted by Crippen LogP contribution is -2.20. The number of ether oxygens (including phenoxy) is 1. The number of amides is 2. The van der Waals surface area contributed by atoms with Crippen molar-refractivity contribution in [3.8, 4) is 5.88 Å². The standard InChI is InChI=1S/C23H19N3O2/c27-23(24-20-13-6-11-18-10-4-5-12-19(18)20)26-21-14-7-15-22(25-21)28-16-17-8-2-1-3-9-17/h1-15H,16H2,(H2,24,25,26,27). The molecule has 0 aliphatic carbocycles. The highest BCUT2D eigenvalue weighted by Crippen LogP contribution is 2.23. The van der Waals surface area contributed by atoms with E-state index in [0.717, 1.165) is 22.0 Å². The van der Waals surface area contributed by atoms with Crippen molar-refractivity contribution in [1.29, 1.82) is 0 Å². The molecule has 0 bridgehead atoms. The van der Waals surface area contributed by atoms with E-state index < -0.39 is 0 Å². The van der Waals surface area contributed by atoms with Crippen molar-refractivity contribution in [1.82, 2.24) is 4.98 Å². The monoisotopic (exact) mass is 369 g/mol. The van der Waals surface area contributed by atoms with Crippen molar-refractivity contribution in [2.24, 2.45) is 0 Å². The molecule has 1 heterocycles. The van der Waals surface area contributed by atoms with Gasteiger partial charge in [0.2, 0.25) is 5.88 Å². The Morgan fingerprint density at radius 2 is 1.54 bits per heavy atom. The minimum absolute atomic E-state index is 0.357. The maximum atomic E-state index is 12.4. The van der Waals surface area contributed by atoms with Crippen molar-refractivity contribution in [3.05, 3.63) is 96.6 Å². The topological polar surface area (TPSA) is 63.2 Å². The molecule has 3 aromatic carbocycles. The summed E-state index contributed by atoms with van der Waals surface area (Å²) in [6.07, 6.45) is 0. The van der Waals surface area contributed by atoms with E-state index in [-0.39, 0.29) is 6.03 Å². The van der Waals surface area contributed by atoms with Crippen LogP contribution in [-0.4, -0.2) is 11.0 Å². The zero-order valence-electron chi connectivity index (χ0n) is 15.1. The van der Waals surface area contributed by atoms with Gasteiger partial charge >= 0.3 is 6.03 Å². The molecule has 2 amide bonds. The van der Waals surface area contributed by atoms with E-state index in [1.807, 2.05) is 72.8 Å². The lowest BCUT2D eigenvalue weighted by Gasteiger charge is -2.11. The van der Waals surface area contributed by atoms with Gasteiger partial charge in [0.1, 0.15) is 12.4 Å². The molecule has 0 aliphatic heterocycles. The fourth-order valence-electron chi connectivity index (χ4n) is 2.90. The van der Waals surface area contributed by atoms with Crippen LogP contribution in [0.1, 0.15) is 5.56 Å². The Kier molecular flexibility index (Phi) is 5.15. The molecular weight excluding hydrogens is 350 g/mol. The molecule has 5 heteroatoms. The van der Waals surface area contributed by atoms with Crippen LogP contribution in [0.2, 0.25) is 0 Å². The molecule has 0 saturated carbocycles. The highest BCUT2D eigenvalue weighted by Gasteiger charge is 2.07. The number of hydrogen-bond acceptors (Lipinski definition) is 3. The van der Waals surface area contributed by atoms with Crippen LogP contribution in [0.5, 0.6) is 5.88 Å². The largest absolute Gasteiger partial charge is 0.473 e. The molecule has 0 radical (unpaired) electrons. The van der Waals surface area contributed by atoms with Crippen molar-refractivity contribution < 1.29 is 9.53 Å². The first-order chi connectivity index (χ1) is 13.8. The minimum Gasteiger partial charge on any atom is -0.473 e. The van der Waals surface area contributed by atoms with Gasteiger partial charge in [0.15, 0.2) is 0 Å². The van der Waals surface area contributed by atoms with Crippen LogP contribution in [0.25, 0.3) is 10.8 Å². The molecule has 0 fully saturated rings. The summed E-state index contributed by atoms with van der Waals surface area (Å²) in [7, 11) is 0. The fourth-order valence-corrected chi connectivity index (χ4v) is 2.90. The average molecular weight is 369 g/mol. The molecule has 0 aliphatic rings. The lowest BCUT2D eigenvalue weighted by molar-refractivity contribution is 0.262. The summed E-state index contributed by atoms with van der Waals surface area (Å²) in [6.45, 7) is 0.416. The quantitative estimate of drug-likeness (QED) is 0.491. The van der Waals surface area contributed by atoms with Gasteiger partial charge in [0, 0.05) is 11.5 Å². The molecule has 4 aromatic rings. The first-order valence-corrected chi connectivity index (χ1v) is 8.97. The molecule has 138 valence electrons. The number of nitrogens with one attached hydrogen (secondary N) is 2. The maximum Gasteiger partial charge on any atom is 0.324 e. The Bertz CT molecular complexity index is 1090. The van der Waals surface area contributed by atoms with Crippen molar-refractivity contribution in [2.75, 3.05) is 10.6 Å². The summed E-state index contributed by atoms with van der Waals surface area (Å²) in [4.78, 5) is 16.8. The van der Waals surface area contributed by atoms with Crippen molar-refractivity contribution in [3.63, 3.8) is 0 Å². The number of fused-ring (bicyclic) bond motifs is 1. The number of aromatic nitrogens is 1. The van der Waals surface area contributed by atoms with Crippen molar-refractivity contribution >= 4 is 28.3 Å². The number of hydrogen-bond donors (Lipinski definition) is 2. The smallest absolute Gasteiger partial charge is 0.324 e. The van der Waals surface area contributed by atoms with Gasteiger partial charge in [-0.25, -0.2) is 4.79 Å². The third-order valence-electron chi connectivity index (χ3n) is 4.23. The molecule has 28 heavy (non-hydrogen) atoms. The summed E-state index contributed by atoms with van der Waals surface area (Å²) in [5.74, 6) is 0.870. The van der Waals surface area contributed by atoms with Crippen LogP contribution in [0.15, 0.2) is 91.0 Å². The number of benzene rings is 3. The molecule has 5 nitrogen and oxygen atoms in total. The number of anilines is 2. The Morgan fingerprint density at radius 3 is 2.43 bits per heavy atom. The van der Waals surface area contributed by atoms with E-state index in [0.29, 0.717) is 18.3 Å². The number of carbonyl (C=O) groups is 1. The Labute approximate surface area is 163 Å². The zero-order valence-corrected chi connectivity index (χ0v) is 15.1. The summed E-state index contributed by atoms with van der Waals surface area (Å²) in [5, 5.41) is 7.68. The third kappa shape index (κ3) is 4.27. The number of rotatable bonds is 5. The van der Waals surface area contributed by atoms with Crippen LogP contribution < -0.4 is 15.4 Å². The van der Waals surface area contributed by atoms with Crippen LogP contribution in [-0.2, 0) is 6.61 Å². The molecule has 0 spiro atoms. The average Bonchev–Trinajstić information content (AvgIpc) is 2.73. The first-order valence-electron chi connectivity index (χ1n) is 8.97. The SMILES string of the molecule is O=C(Nc1cccc(OCc2ccccc2)n1)Nc1cccc2ccccc12. The Hall–Kier alpha value is -3.86. The van der Waals surface area contributed by atoms with E-state index in [1.54, 1.807) is 18.2 Å². The summed E-state index contributed by atoms with van der Waals surface area (Å²) >= 11 is 0. The van der Waals surface area contributed by atoms with Crippen LogP contribution in [0, 0.1) is 0 Å². The highest BCUT2D eigenvalue weighted by atomic mass is 16.5. The molecule has 4 rings (SSSR count). The van der Waals surface area contributed by atoms with Gasteiger partial charge < -0.3 is 10.1 Å². The summed E-state index contributed by atoms with van der Waals surface area (Å²) < 4.78 is 5.71. The zero-order chi connectivity index (χ0) is 19.2. The molecule has 0 atom stereocenters. The molecular formula is C23H19N3O2. The molecule has 1 aromatic heterocycles. The lowest BCUT2D eigenvalue weighted by atomic mass is 10.1. The number of pyridine rings is 1. The van der Waals surface area contributed by atoms with E-state index in [2.05, 4.69) is 15.6 Å². The van der Waals surface area contributed by atoms with E-state index in [9.17, 15) is 4.79 Å². The van der Waals surface area contributed by atoms with Gasteiger partial charge in [-0.3, -0.25) is 5.32 Å². The van der Waals surface area contributed by atoms with Gasteiger partial charge in [0.25, 0.3) is 0 Å². The van der Waals surface area contributed by atoms with Gasteiger partial charge in [-0.1, -0.05) is 72.8 Å². The molecule has 0 saturated heterocycles. The van der Waals surface area contributed by atoms with Crippen LogP contribution in [0.4, 0.5) is 16.3 Å². The number of urea groups is 1. The van der Waals surface area contributed by atoms with E-state index >= 15 is 0 Å². The van der Waals surface area contributed by atoms with Gasteiger partial charge in [-0.2, -0.15) is 4.98 Å². The van der Waals surface area contributed by atoms with Crippen molar-refractivity contribution in [2.45, 2.75) is 6.61 Å². The van der Waals surface area contributed by atoms with Crippen LogP contribution >= 0.6 is 0 Å². The highest BCUT2D eigenvalue weighted by molar-refractivity contribution is 6.05. The van der Waals surface area contributed by atoms with E-state index in [1.165, 1.54) is 0 Å². The third-order valence-corrected chi connectivity index (χ3v) is 4.23. The van der Waals surface area contributed by atoms with Crippen LogP contribution in [0.3, 0.4) is 0 Å². The van der Waals surface area contributed by atoms with E-state index in [4.69, 9.17) is 4.74 Å². The first kappa shape index (κ1) is 17.5. The minimum atomic E-state index is -0.357. The number of carbonyl (C=O) groups excluding carboxylic acids is 1. The summed E-state index contributed by atoms with van der Waals surface area (Å²) in [6, 6.07) is 28.5. The van der Waals surface area contributed by atoms with Gasteiger partial charge in [-0.15, -0.1) is 0 Å². The maximum absolute atomic E-state index is 12.4. The van der Waals surface area contributed by atoms with Gasteiger partial charge in [0.05, 0.1) is 5.69 Å². The molecule has 0 unspecified atom stereocenters. The second-order valence-corrected chi connectivity index (χ2v) is 6.24. The molecule has 2 N–H and O–H groups in total. The summed E-state index contributed by atoms with van der Waals surface area (Å²) in [5.41, 5.74) is 1.79. The second kappa shape index (κ2) is 8.22. The predicted octanol–water partition coefficient (Wildman–Crippen LogP) is 5.46. The Morgan fingerprint density at radius 1 is 0.786 bits per heavy atom.